The first kappa shape index (κ1) is 13.6. The third-order valence-corrected chi connectivity index (χ3v) is 3.64. The van der Waals surface area contributed by atoms with E-state index in [1.165, 1.54) is 5.56 Å². The van der Waals surface area contributed by atoms with Crippen LogP contribution in [0, 0.1) is 5.92 Å². The van der Waals surface area contributed by atoms with Gasteiger partial charge in [0.05, 0.1) is 6.10 Å². The molecule has 1 heteroatoms. The molecule has 0 saturated heterocycles. The van der Waals surface area contributed by atoms with Crippen molar-refractivity contribution >= 4 is 0 Å². The predicted octanol–water partition coefficient (Wildman–Crippen LogP) is 4.33. The van der Waals surface area contributed by atoms with Crippen molar-refractivity contribution in [2.45, 2.75) is 18.9 Å². The van der Waals surface area contributed by atoms with Gasteiger partial charge in [-0.25, -0.2) is 0 Å². The van der Waals surface area contributed by atoms with Crippen molar-refractivity contribution < 1.29 is 5.11 Å². The lowest BCUT2D eigenvalue weighted by molar-refractivity contribution is 0.110. The van der Waals surface area contributed by atoms with Gasteiger partial charge in [-0.05, 0) is 17.0 Å². The van der Waals surface area contributed by atoms with Gasteiger partial charge in [-0.1, -0.05) is 73.7 Å². The lowest BCUT2D eigenvalue weighted by Gasteiger charge is -2.26. The smallest absolute Gasteiger partial charge is 0.0824 e. The van der Waals surface area contributed by atoms with Crippen LogP contribution >= 0.6 is 0 Å². The third-order valence-electron chi connectivity index (χ3n) is 3.64. The average molecular weight is 252 g/mol. The van der Waals surface area contributed by atoms with Crippen molar-refractivity contribution in [1.82, 2.24) is 0 Å². The molecule has 0 spiro atoms. The summed E-state index contributed by atoms with van der Waals surface area (Å²) in [5.74, 6) is 0.235. The first-order chi connectivity index (χ1) is 9.24. The molecule has 0 aromatic heterocycles. The molecule has 0 amide bonds. The van der Waals surface area contributed by atoms with Gasteiger partial charge in [-0.15, -0.1) is 6.58 Å². The second-order valence-electron chi connectivity index (χ2n) is 4.89. The highest BCUT2D eigenvalue weighted by atomic mass is 16.3. The summed E-state index contributed by atoms with van der Waals surface area (Å²) in [6.07, 6.45) is 1.44. The summed E-state index contributed by atoms with van der Waals surface area (Å²) in [7, 11) is 0. The first-order valence-electron chi connectivity index (χ1n) is 6.64. The van der Waals surface area contributed by atoms with Gasteiger partial charge >= 0.3 is 0 Å². The average Bonchev–Trinajstić information content (AvgIpc) is 2.49. The zero-order valence-corrected chi connectivity index (χ0v) is 11.2. The molecular weight excluding hydrogens is 232 g/mol. The second kappa shape index (κ2) is 6.35. The summed E-state index contributed by atoms with van der Waals surface area (Å²) in [5, 5.41) is 10.5. The van der Waals surface area contributed by atoms with Crippen molar-refractivity contribution in [3.63, 3.8) is 0 Å². The number of benzene rings is 2. The van der Waals surface area contributed by atoms with E-state index in [4.69, 9.17) is 0 Å². The van der Waals surface area contributed by atoms with E-state index >= 15 is 0 Å². The second-order valence-corrected chi connectivity index (χ2v) is 4.89. The van der Waals surface area contributed by atoms with Crippen LogP contribution in [0.2, 0.25) is 0 Å². The molecular formula is C18H20O. The van der Waals surface area contributed by atoms with Crippen LogP contribution in [-0.2, 0) is 0 Å². The monoisotopic (exact) mass is 252 g/mol. The molecule has 0 aliphatic heterocycles. The van der Waals surface area contributed by atoms with Gasteiger partial charge in [0.2, 0.25) is 0 Å². The molecule has 3 atom stereocenters. The van der Waals surface area contributed by atoms with E-state index in [9.17, 15) is 5.11 Å². The van der Waals surface area contributed by atoms with E-state index in [0.29, 0.717) is 0 Å². The maximum atomic E-state index is 10.5. The lowest BCUT2D eigenvalue weighted by Crippen LogP contribution is -2.16. The van der Waals surface area contributed by atoms with Gasteiger partial charge < -0.3 is 5.11 Å². The molecule has 1 nitrogen and oxygen atoms in total. The standard InChI is InChI=1S/C18H20O/c1-3-17(15-10-6-4-7-11-15)14(2)18(19)16-12-8-5-9-13-16/h3-14,17-19H,1H2,2H3/t14-,17-,18-/m0/s1. The van der Waals surface area contributed by atoms with Crippen LogP contribution in [0.15, 0.2) is 73.3 Å². The van der Waals surface area contributed by atoms with Crippen LogP contribution in [0.1, 0.15) is 30.1 Å². The number of aliphatic hydroxyl groups is 1. The van der Waals surface area contributed by atoms with Crippen molar-refractivity contribution in [3.8, 4) is 0 Å². The van der Waals surface area contributed by atoms with E-state index < -0.39 is 6.10 Å². The summed E-state index contributed by atoms with van der Waals surface area (Å²) in [6.45, 7) is 5.99. The maximum absolute atomic E-state index is 10.5. The third kappa shape index (κ3) is 3.12. The van der Waals surface area contributed by atoms with E-state index in [2.05, 4.69) is 25.6 Å². The van der Waals surface area contributed by atoms with E-state index in [-0.39, 0.29) is 11.8 Å². The highest BCUT2D eigenvalue weighted by Gasteiger charge is 2.24. The van der Waals surface area contributed by atoms with Crippen molar-refractivity contribution in [2.75, 3.05) is 0 Å². The minimum absolute atomic E-state index is 0.0855. The Balaban J connectivity index is 2.22. The molecule has 0 saturated carbocycles. The van der Waals surface area contributed by atoms with Crippen LogP contribution in [0.25, 0.3) is 0 Å². The Morgan fingerprint density at radius 2 is 1.37 bits per heavy atom. The van der Waals surface area contributed by atoms with Gasteiger partial charge in [0, 0.05) is 5.92 Å². The van der Waals surface area contributed by atoms with E-state index in [0.717, 1.165) is 5.56 Å². The molecule has 2 aromatic carbocycles. The topological polar surface area (TPSA) is 20.2 Å². The zero-order chi connectivity index (χ0) is 13.7. The minimum atomic E-state index is -0.482. The quantitative estimate of drug-likeness (QED) is 0.785. The van der Waals surface area contributed by atoms with Gasteiger partial charge in [0.1, 0.15) is 0 Å². The fourth-order valence-electron chi connectivity index (χ4n) is 2.48. The molecule has 0 aliphatic rings. The number of aliphatic hydroxyl groups excluding tert-OH is 1. The number of rotatable bonds is 5. The highest BCUT2D eigenvalue weighted by Crippen LogP contribution is 2.34. The van der Waals surface area contributed by atoms with Crippen LogP contribution in [0.4, 0.5) is 0 Å². The van der Waals surface area contributed by atoms with Crippen LogP contribution in [-0.4, -0.2) is 5.11 Å². The molecule has 2 rings (SSSR count). The zero-order valence-electron chi connectivity index (χ0n) is 11.2. The van der Waals surface area contributed by atoms with Gasteiger partial charge in [-0.3, -0.25) is 0 Å². The van der Waals surface area contributed by atoms with Gasteiger partial charge in [0.25, 0.3) is 0 Å². The lowest BCUT2D eigenvalue weighted by atomic mass is 9.81. The molecule has 1 N–H and O–H groups in total. The predicted molar refractivity (Wildman–Crippen MR) is 79.9 cm³/mol. The van der Waals surface area contributed by atoms with Gasteiger partial charge in [0.15, 0.2) is 0 Å². The van der Waals surface area contributed by atoms with Crippen LogP contribution in [0.5, 0.6) is 0 Å². The van der Waals surface area contributed by atoms with Crippen LogP contribution < -0.4 is 0 Å². The first-order valence-corrected chi connectivity index (χ1v) is 6.64. The Kier molecular flexibility index (Phi) is 4.53. The van der Waals surface area contributed by atoms with Crippen molar-refractivity contribution in [1.29, 1.82) is 0 Å². The van der Waals surface area contributed by atoms with E-state index in [1.807, 2.05) is 54.6 Å². The summed E-state index contributed by atoms with van der Waals surface area (Å²) in [6, 6.07) is 20.0. The Morgan fingerprint density at radius 3 is 1.84 bits per heavy atom. The number of hydrogen-bond donors (Lipinski definition) is 1. The molecule has 0 bridgehead atoms. The van der Waals surface area contributed by atoms with Crippen molar-refractivity contribution in [3.05, 3.63) is 84.4 Å². The fourth-order valence-corrected chi connectivity index (χ4v) is 2.48. The maximum Gasteiger partial charge on any atom is 0.0824 e. The summed E-state index contributed by atoms with van der Waals surface area (Å²) < 4.78 is 0. The molecule has 19 heavy (non-hydrogen) atoms. The highest BCUT2D eigenvalue weighted by molar-refractivity contribution is 5.26. The Hall–Kier alpha value is -1.86. The van der Waals surface area contributed by atoms with Gasteiger partial charge in [-0.2, -0.15) is 0 Å². The van der Waals surface area contributed by atoms with Crippen LogP contribution in [0.3, 0.4) is 0 Å². The summed E-state index contributed by atoms with van der Waals surface area (Å²) >= 11 is 0. The molecule has 2 aromatic rings. The number of allylic oxidation sites excluding steroid dienone is 1. The Morgan fingerprint density at radius 1 is 0.895 bits per heavy atom. The molecule has 0 fully saturated rings. The fraction of sp³-hybridized carbons (Fsp3) is 0.222. The Bertz CT molecular complexity index is 504. The van der Waals surface area contributed by atoms with Crippen molar-refractivity contribution in [2.24, 2.45) is 5.92 Å². The molecule has 0 unspecified atom stereocenters. The minimum Gasteiger partial charge on any atom is -0.388 e. The molecule has 0 heterocycles. The SMILES string of the molecule is C=C[C@H](c1ccccc1)[C@H](C)[C@H](O)c1ccccc1. The Labute approximate surface area is 115 Å². The normalized spacial score (nSPS) is 15.5. The number of hydrogen-bond acceptors (Lipinski definition) is 1. The largest absolute Gasteiger partial charge is 0.388 e. The molecule has 98 valence electrons. The summed E-state index contributed by atoms with van der Waals surface area (Å²) in [5.41, 5.74) is 2.15. The molecule has 0 radical (unpaired) electrons. The molecule has 0 aliphatic carbocycles. The summed E-state index contributed by atoms with van der Waals surface area (Å²) in [4.78, 5) is 0. The van der Waals surface area contributed by atoms with E-state index in [1.54, 1.807) is 0 Å².